The number of nitrogens with zero attached hydrogens (tertiary/aromatic N) is 2. The lowest BCUT2D eigenvalue weighted by molar-refractivity contribution is 0.0698. The van der Waals surface area contributed by atoms with E-state index in [1.54, 1.807) is 30.3 Å². The van der Waals surface area contributed by atoms with Crippen LogP contribution in [0.25, 0.3) is 0 Å². The summed E-state index contributed by atoms with van der Waals surface area (Å²) >= 11 is 0. The molecule has 0 aliphatic carbocycles. The second-order valence-corrected chi connectivity index (χ2v) is 5.37. The number of hydrogen-bond donors (Lipinski definition) is 3. The fraction of sp³-hybridized carbons (Fsp3) is 0.312. The van der Waals surface area contributed by atoms with Crippen molar-refractivity contribution in [2.45, 2.75) is 20.3 Å². The molecule has 0 saturated heterocycles. The van der Waals surface area contributed by atoms with Crippen molar-refractivity contribution in [2.75, 3.05) is 17.2 Å². The molecule has 0 unspecified atom stereocenters. The van der Waals surface area contributed by atoms with Crippen molar-refractivity contribution in [2.24, 2.45) is 5.92 Å². The fourth-order valence-electron chi connectivity index (χ4n) is 1.93. The molecule has 0 aliphatic rings. The predicted molar refractivity (Wildman–Crippen MR) is 86.7 cm³/mol. The van der Waals surface area contributed by atoms with Crippen LogP contribution >= 0.6 is 0 Å². The smallest absolute Gasteiger partial charge is 0.337 e. The quantitative estimate of drug-likeness (QED) is 0.726. The zero-order valence-corrected chi connectivity index (χ0v) is 12.7. The lowest BCUT2D eigenvalue weighted by Gasteiger charge is -2.11. The minimum absolute atomic E-state index is 0.204. The van der Waals surface area contributed by atoms with Gasteiger partial charge in [-0.3, -0.25) is 0 Å². The summed E-state index contributed by atoms with van der Waals surface area (Å²) in [5.74, 6) is 0.906. The Labute approximate surface area is 129 Å². The molecule has 0 aliphatic heterocycles. The number of para-hydroxylation sites is 1. The van der Waals surface area contributed by atoms with Crippen LogP contribution in [0, 0.1) is 5.92 Å². The molecule has 0 spiro atoms. The van der Waals surface area contributed by atoms with E-state index in [-0.39, 0.29) is 5.56 Å². The molecule has 2 rings (SSSR count). The number of carbonyl (C=O) groups is 1. The summed E-state index contributed by atoms with van der Waals surface area (Å²) in [6.07, 6.45) is 2.50. The normalized spacial score (nSPS) is 10.5. The molecule has 0 atom stereocenters. The Morgan fingerprint density at radius 1 is 1.23 bits per heavy atom. The van der Waals surface area contributed by atoms with Gasteiger partial charge >= 0.3 is 5.97 Å². The molecule has 6 heteroatoms. The average Bonchev–Trinajstić information content (AvgIpc) is 2.47. The number of benzene rings is 1. The van der Waals surface area contributed by atoms with Gasteiger partial charge in [0.25, 0.3) is 0 Å². The Kier molecular flexibility index (Phi) is 5.30. The standard InChI is InChI=1S/C16H20N4O2/c1-11(2)7-8-17-14-9-15(19-10-18-14)20-13-6-4-3-5-12(13)16(21)22/h3-6,9-11H,7-8H2,1-2H3,(H,21,22)(H2,17,18,19,20). The summed E-state index contributed by atoms with van der Waals surface area (Å²) in [7, 11) is 0. The first kappa shape index (κ1) is 15.8. The zero-order valence-electron chi connectivity index (χ0n) is 12.7. The first-order chi connectivity index (χ1) is 10.6. The van der Waals surface area contributed by atoms with Crippen molar-refractivity contribution < 1.29 is 9.90 Å². The van der Waals surface area contributed by atoms with Crippen molar-refractivity contribution in [3.8, 4) is 0 Å². The van der Waals surface area contributed by atoms with Gasteiger partial charge in [0.05, 0.1) is 11.3 Å². The molecule has 22 heavy (non-hydrogen) atoms. The molecular formula is C16H20N4O2. The number of aromatic nitrogens is 2. The van der Waals surface area contributed by atoms with Crippen molar-refractivity contribution >= 4 is 23.3 Å². The third-order valence-corrected chi connectivity index (χ3v) is 3.12. The molecule has 0 saturated carbocycles. The van der Waals surface area contributed by atoms with E-state index < -0.39 is 5.97 Å². The SMILES string of the molecule is CC(C)CCNc1cc(Nc2ccccc2C(=O)O)ncn1. The van der Waals surface area contributed by atoms with Crippen LogP contribution in [0.5, 0.6) is 0 Å². The number of rotatable bonds is 7. The summed E-state index contributed by atoms with van der Waals surface area (Å²) in [5, 5.41) is 15.4. The third-order valence-electron chi connectivity index (χ3n) is 3.12. The number of aromatic carboxylic acids is 1. The minimum Gasteiger partial charge on any atom is -0.478 e. The van der Waals surface area contributed by atoms with Gasteiger partial charge in [0.1, 0.15) is 18.0 Å². The molecule has 116 valence electrons. The Morgan fingerprint density at radius 3 is 2.68 bits per heavy atom. The van der Waals surface area contributed by atoms with E-state index in [4.69, 9.17) is 0 Å². The predicted octanol–water partition coefficient (Wildman–Crippen LogP) is 3.38. The number of hydrogen-bond acceptors (Lipinski definition) is 5. The summed E-state index contributed by atoms with van der Waals surface area (Å²) in [5.41, 5.74) is 0.706. The maximum atomic E-state index is 11.2. The van der Waals surface area contributed by atoms with Crippen LogP contribution in [0.2, 0.25) is 0 Å². The van der Waals surface area contributed by atoms with E-state index in [0.29, 0.717) is 23.2 Å². The molecule has 0 bridgehead atoms. The van der Waals surface area contributed by atoms with E-state index in [1.807, 2.05) is 0 Å². The number of carboxylic acid groups (broad SMARTS) is 1. The van der Waals surface area contributed by atoms with Gasteiger partial charge in [-0.25, -0.2) is 14.8 Å². The highest BCUT2D eigenvalue weighted by molar-refractivity contribution is 5.95. The molecule has 0 amide bonds. The highest BCUT2D eigenvalue weighted by Gasteiger charge is 2.09. The molecule has 0 radical (unpaired) electrons. The van der Waals surface area contributed by atoms with E-state index in [1.165, 1.54) is 6.33 Å². The fourth-order valence-corrected chi connectivity index (χ4v) is 1.93. The lowest BCUT2D eigenvalue weighted by atomic mass is 10.1. The highest BCUT2D eigenvalue weighted by Crippen LogP contribution is 2.20. The molecule has 6 nitrogen and oxygen atoms in total. The Morgan fingerprint density at radius 2 is 1.95 bits per heavy atom. The molecule has 1 heterocycles. The Balaban J connectivity index is 2.09. The van der Waals surface area contributed by atoms with Gasteiger partial charge in [0.15, 0.2) is 0 Å². The third kappa shape index (κ3) is 4.44. The van der Waals surface area contributed by atoms with Gasteiger partial charge < -0.3 is 15.7 Å². The Hall–Kier alpha value is -2.63. The first-order valence-corrected chi connectivity index (χ1v) is 7.21. The molecule has 2 aromatic rings. The minimum atomic E-state index is -0.979. The summed E-state index contributed by atoms with van der Waals surface area (Å²) in [6, 6.07) is 8.48. The van der Waals surface area contributed by atoms with Crippen LogP contribution in [0.1, 0.15) is 30.6 Å². The molecule has 1 aromatic heterocycles. The van der Waals surface area contributed by atoms with Crippen LogP contribution in [0.15, 0.2) is 36.7 Å². The largest absolute Gasteiger partial charge is 0.478 e. The second-order valence-electron chi connectivity index (χ2n) is 5.37. The van der Waals surface area contributed by atoms with Crippen molar-refractivity contribution in [3.05, 3.63) is 42.2 Å². The first-order valence-electron chi connectivity index (χ1n) is 7.21. The van der Waals surface area contributed by atoms with Crippen molar-refractivity contribution in [1.82, 2.24) is 9.97 Å². The maximum absolute atomic E-state index is 11.2. The van der Waals surface area contributed by atoms with Gasteiger partial charge in [-0.05, 0) is 24.5 Å². The van der Waals surface area contributed by atoms with Crippen LogP contribution in [-0.2, 0) is 0 Å². The molecule has 3 N–H and O–H groups in total. The van der Waals surface area contributed by atoms with Crippen LogP contribution in [0.3, 0.4) is 0 Å². The van der Waals surface area contributed by atoms with E-state index in [2.05, 4.69) is 34.4 Å². The second kappa shape index (κ2) is 7.40. The maximum Gasteiger partial charge on any atom is 0.337 e. The summed E-state index contributed by atoms with van der Waals surface area (Å²) < 4.78 is 0. The number of nitrogens with one attached hydrogen (secondary N) is 2. The van der Waals surface area contributed by atoms with Gasteiger partial charge in [0.2, 0.25) is 0 Å². The van der Waals surface area contributed by atoms with Gasteiger partial charge in [0, 0.05) is 12.6 Å². The average molecular weight is 300 g/mol. The van der Waals surface area contributed by atoms with Crippen LogP contribution in [-0.4, -0.2) is 27.6 Å². The zero-order chi connectivity index (χ0) is 15.9. The van der Waals surface area contributed by atoms with Crippen LogP contribution < -0.4 is 10.6 Å². The molecular weight excluding hydrogens is 280 g/mol. The Bertz CT molecular complexity index is 644. The van der Waals surface area contributed by atoms with E-state index in [0.717, 1.165) is 13.0 Å². The van der Waals surface area contributed by atoms with Gasteiger partial charge in [-0.2, -0.15) is 0 Å². The topological polar surface area (TPSA) is 87.1 Å². The van der Waals surface area contributed by atoms with E-state index in [9.17, 15) is 9.90 Å². The highest BCUT2D eigenvalue weighted by atomic mass is 16.4. The number of carboxylic acids is 1. The number of anilines is 3. The van der Waals surface area contributed by atoms with Crippen LogP contribution in [0.4, 0.5) is 17.3 Å². The molecule has 1 aromatic carbocycles. The van der Waals surface area contributed by atoms with E-state index >= 15 is 0 Å². The lowest BCUT2D eigenvalue weighted by Crippen LogP contribution is -2.07. The monoisotopic (exact) mass is 300 g/mol. The van der Waals surface area contributed by atoms with Gasteiger partial charge in [-0.15, -0.1) is 0 Å². The molecule has 0 fully saturated rings. The summed E-state index contributed by atoms with van der Waals surface area (Å²) in [4.78, 5) is 19.5. The van der Waals surface area contributed by atoms with Crippen molar-refractivity contribution in [1.29, 1.82) is 0 Å². The van der Waals surface area contributed by atoms with Crippen molar-refractivity contribution in [3.63, 3.8) is 0 Å². The van der Waals surface area contributed by atoms with Gasteiger partial charge in [-0.1, -0.05) is 26.0 Å². The summed E-state index contributed by atoms with van der Waals surface area (Å²) in [6.45, 7) is 5.16.